The summed E-state index contributed by atoms with van der Waals surface area (Å²) in [6, 6.07) is 1.59. The molecule has 0 saturated heterocycles. The van der Waals surface area contributed by atoms with Gasteiger partial charge in [-0.2, -0.15) is 0 Å². The van der Waals surface area contributed by atoms with Crippen LogP contribution in [-0.2, 0) is 9.53 Å². The number of phenols is 1. The van der Waals surface area contributed by atoms with Crippen molar-refractivity contribution >= 4 is 17.6 Å². The van der Waals surface area contributed by atoms with Crippen molar-refractivity contribution in [2.45, 2.75) is 12.2 Å². The van der Waals surface area contributed by atoms with Crippen LogP contribution >= 0.6 is 11.6 Å². The van der Waals surface area contributed by atoms with Gasteiger partial charge in [-0.25, -0.2) is 9.18 Å². The molecule has 7 heteroatoms. The number of carbonyl (C=O) groups excluding carboxylic acids is 1. The second-order valence-corrected chi connectivity index (χ2v) is 3.65. The summed E-state index contributed by atoms with van der Waals surface area (Å²) >= 11 is 5.48. The molecule has 0 aliphatic heterocycles. The third-order valence-electron chi connectivity index (χ3n) is 2.12. The first-order chi connectivity index (χ1) is 7.88. The molecule has 1 aromatic rings. The van der Waals surface area contributed by atoms with E-state index in [2.05, 4.69) is 4.74 Å². The zero-order valence-electron chi connectivity index (χ0n) is 8.72. The Morgan fingerprint density at radius 1 is 1.47 bits per heavy atom. The number of ether oxygens (including phenoxy) is 1. The number of esters is 1. The maximum Gasteiger partial charge on any atom is 0.337 e. The summed E-state index contributed by atoms with van der Waals surface area (Å²) in [5.74, 6) is -2.54. The monoisotopic (exact) mass is 264 g/mol. The Morgan fingerprint density at radius 3 is 2.59 bits per heavy atom. The van der Waals surface area contributed by atoms with Gasteiger partial charge in [-0.3, -0.25) is 0 Å². The van der Waals surface area contributed by atoms with E-state index in [4.69, 9.17) is 11.6 Å². The van der Waals surface area contributed by atoms with Gasteiger partial charge < -0.3 is 20.1 Å². The molecule has 0 bridgehead atoms. The maximum absolute atomic E-state index is 13.0. The minimum Gasteiger partial charge on any atom is -0.506 e. The van der Waals surface area contributed by atoms with Crippen molar-refractivity contribution in [2.24, 2.45) is 0 Å². The van der Waals surface area contributed by atoms with Crippen molar-refractivity contribution in [1.29, 1.82) is 0 Å². The summed E-state index contributed by atoms with van der Waals surface area (Å²) in [6.07, 6.45) is -3.78. The van der Waals surface area contributed by atoms with Crippen LogP contribution in [0, 0.1) is 5.82 Å². The third-order valence-corrected chi connectivity index (χ3v) is 2.41. The Kier molecular flexibility index (Phi) is 4.28. The molecule has 0 spiro atoms. The molecule has 94 valence electrons. The van der Waals surface area contributed by atoms with Gasteiger partial charge in [0.1, 0.15) is 17.7 Å². The van der Waals surface area contributed by atoms with Gasteiger partial charge >= 0.3 is 5.97 Å². The Bertz CT molecular complexity index is 437. The van der Waals surface area contributed by atoms with Gasteiger partial charge in [-0.1, -0.05) is 11.6 Å². The number of benzene rings is 1. The summed E-state index contributed by atoms with van der Waals surface area (Å²) in [4.78, 5) is 11.0. The molecular formula is C10H10ClFO5. The van der Waals surface area contributed by atoms with Gasteiger partial charge in [-0.05, 0) is 12.1 Å². The normalized spacial score (nSPS) is 14.2. The Balaban J connectivity index is 3.12. The van der Waals surface area contributed by atoms with Crippen LogP contribution in [0.3, 0.4) is 0 Å². The van der Waals surface area contributed by atoms with Crippen LogP contribution in [0.1, 0.15) is 11.7 Å². The molecule has 0 amide bonds. The van der Waals surface area contributed by atoms with Crippen LogP contribution in [-0.4, -0.2) is 34.5 Å². The van der Waals surface area contributed by atoms with Gasteiger partial charge in [0.15, 0.2) is 6.10 Å². The number of halogens is 2. The van der Waals surface area contributed by atoms with E-state index in [1.54, 1.807) is 0 Å². The van der Waals surface area contributed by atoms with Crippen molar-refractivity contribution in [3.05, 3.63) is 28.5 Å². The second-order valence-electron chi connectivity index (χ2n) is 3.24. The molecule has 0 radical (unpaired) electrons. The first kappa shape index (κ1) is 13.7. The predicted molar refractivity (Wildman–Crippen MR) is 56.1 cm³/mol. The molecule has 0 aliphatic carbocycles. The number of aliphatic hydroxyl groups is 2. The summed E-state index contributed by atoms with van der Waals surface area (Å²) in [5, 5.41) is 28.1. The van der Waals surface area contributed by atoms with E-state index in [0.717, 1.165) is 19.2 Å². The number of methoxy groups -OCH3 is 1. The minimum absolute atomic E-state index is 0.337. The van der Waals surface area contributed by atoms with Gasteiger partial charge in [0.25, 0.3) is 0 Å². The van der Waals surface area contributed by atoms with E-state index in [-0.39, 0.29) is 5.02 Å². The first-order valence-electron chi connectivity index (χ1n) is 4.50. The molecule has 0 saturated carbocycles. The highest BCUT2D eigenvalue weighted by Crippen LogP contribution is 2.34. The van der Waals surface area contributed by atoms with Crippen LogP contribution < -0.4 is 0 Å². The molecule has 2 unspecified atom stereocenters. The molecule has 0 aromatic heterocycles. The Hall–Kier alpha value is -1.37. The second kappa shape index (κ2) is 5.31. The molecule has 1 aromatic carbocycles. The van der Waals surface area contributed by atoms with Crippen LogP contribution in [0.2, 0.25) is 5.02 Å². The predicted octanol–water partition coefficient (Wildman–Crippen LogP) is 0.752. The minimum atomic E-state index is -1.94. The van der Waals surface area contributed by atoms with E-state index in [1.165, 1.54) is 0 Å². The number of rotatable bonds is 3. The van der Waals surface area contributed by atoms with E-state index >= 15 is 0 Å². The topological polar surface area (TPSA) is 87.0 Å². The molecule has 2 atom stereocenters. The number of carbonyl (C=O) groups is 1. The lowest BCUT2D eigenvalue weighted by atomic mass is 10.0. The van der Waals surface area contributed by atoms with Crippen molar-refractivity contribution in [3.63, 3.8) is 0 Å². The average Bonchev–Trinajstić information content (AvgIpc) is 2.30. The standard InChI is InChI=1S/C10H10ClFO5/c1-17-10(16)9(15)8(14)5-2-4(12)3-6(11)7(5)13/h2-3,8-9,13-15H,1H3. The summed E-state index contributed by atoms with van der Waals surface area (Å²) < 4.78 is 17.2. The fourth-order valence-corrected chi connectivity index (χ4v) is 1.44. The van der Waals surface area contributed by atoms with Crippen LogP contribution in [0.5, 0.6) is 5.75 Å². The SMILES string of the molecule is COC(=O)C(O)C(O)c1cc(F)cc(Cl)c1O. The lowest BCUT2D eigenvalue weighted by molar-refractivity contribution is -0.156. The fraction of sp³-hybridized carbons (Fsp3) is 0.300. The van der Waals surface area contributed by atoms with E-state index < -0.39 is 35.3 Å². The first-order valence-corrected chi connectivity index (χ1v) is 4.88. The number of phenolic OH excluding ortho intramolecular Hbond substituents is 1. The molecule has 0 fully saturated rings. The van der Waals surface area contributed by atoms with Crippen molar-refractivity contribution in [3.8, 4) is 5.75 Å². The number of hydrogen-bond acceptors (Lipinski definition) is 5. The maximum atomic E-state index is 13.0. The smallest absolute Gasteiger partial charge is 0.337 e. The van der Waals surface area contributed by atoms with Gasteiger partial charge in [0.2, 0.25) is 0 Å². The zero-order valence-corrected chi connectivity index (χ0v) is 9.48. The highest BCUT2D eigenvalue weighted by molar-refractivity contribution is 6.32. The molecule has 0 aliphatic rings. The highest BCUT2D eigenvalue weighted by Gasteiger charge is 2.29. The largest absolute Gasteiger partial charge is 0.506 e. The van der Waals surface area contributed by atoms with Crippen LogP contribution in [0.4, 0.5) is 4.39 Å². The van der Waals surface area contributed by atoms with Gasteiger partial charge in [-0.15, -0.1) is 0 Å². The molecule has 3 N–H and O–H groups in total. The molecule has 5 nitrogen and oxygen atoms in total. The average molecular weight is 265 g/mol. The van der Waals surface area contributed by atoms with Gasteiger partial charge in [0.05, 0.1) is 12.1 Å². The summed E-state index contributed by atoms with van der Waals surface area (Å²) in [7, 11) is 1.01. The summed E-state index contributed by atoms with van der Waals surface area (Å²) in [6.45, 7) is 0. The Morgan fingerprint density at radius 2 is 2.06 bits per heavy atom. The van der Waals surface area contributed by atoms with E-state index in [0.29, 0.717) is 0 Å². The quantitative estimate of drug-likeness (QED) is 0.702. The third kappa shape index (κ3) is 2.85. The molecule has 1 rings (SSSR count). The van der Waals surface area contributed by atoms with Crippen LogP contribution in [0.25, 0.3) is 0 Å². The number of hydrogen-bond donors (Lipinski definition) is 3. The number of aromatic hydroxyl groups is 1. The molecular weight excluding hydrogens is 255 g/mol. The highest BCUT2D eigenvalue weighted by atomic mass is 35.5. The van der Waals surface area contributed by atoms with Crippen molar-refractivity contribution < 1.29 is 29.2 Å². The molecule has 17 heavy (non-hydrogen) atoms. The van der Waals surface area contributed by atoms with E-state index in [1.807, 2.05) is 0 Å². The summed E-state index contributed by atoms with van der Waals surface area (Å²) in [5.41, 5.74) is -0.395. The van der Waals surface area contributed by atoms with Crippen molar-refractivity contribution in [1.82, 2.24) is 0 Å². The van der Waals surface area contributed by atoms with E-state index in [9.17, 15) is 24.5 Å². The fourth-order valence-electron chi connectivity index (χ4n) is 1.23. The van der Waals surface area contributed by atoms with Crippen molar-refractivity contribution in [2.75, 3.05) is 7.11 Å². The zero-order chi connectivity index (χ0) is 13.2. The van der Waals surface area contributed by atoms with Crippen LogP contribution in [0.15, 0.2) is 12.1 Å². The van der Waals surface area contributed by atoms with Gasteiger partial charge in [0, 0.05) is 5.56 Å². The lowest BCUT2D eigenvalue weighted by Gasteiger charge is -2.17. The Labute approximate surface area is 101 Å². The number of aliphatic hydroxyl groups excluding tert-OH is 2. The molecule has 0 heterocycles. The lowest BCUT2D eigenvalue weighted by Crippen LogP contribution is -2.29.